The maximum Gasteiger partial charge on any atom is 0.472 e. The van der Waals surface area contributed by atoms with Crippen LogP contribution in [0.2, 0.25) is 0 Å². The normalized spacial score (nSPS) is 33.2. The first-order chi connectivity index (χ1) is 42.4. The van der Waals surface area contributed by atoms with Crippen LogP contribution in [-0.4, -0.2) is 272 Å². The average Bonchev–Trinajstić information content (AvgIpc) is 1.65. The van der Waals surface area contributed by atoms with Gasteiger partial charge < -0.3 is 120 Å². The van der Waals surface area contributed by atoms with Crippen LogP contribution in [0.3, 0.4) is 0 Å². The topological polar surface area (TPSA) is 655 Å². The lowest BCUT2D eigenvalue weighted by Gasteiger charge is -2.41. The minimum absolute atomic E-state index is 0.0173. The van der Waals surface area contributed by atoms with E-state index in [0.29, 0.717) is 13.2 Å². The first kappa shape index (κ1) is 77.8. The van der Waals surface area contributed by atoms with Crippen molar-refractivity contribution in [3.63, 3.8) is 0 Å². The maximum absolute atomic E-state index is 12.4. The van der Waals surface area contributed by atoms with Crippen molar-refractivity contribution in [1.82, 2.24) is 48.6 Å². The number of ether oxygens (including phenoxy) is 5. The summed E-state index contributed by atoms with van der Waals surface area (Å²) in [6.45, 7) is 16.3. The minimum Gasteiger partial charge on any atom is -0.756 e. The first-order valence-electron chi connectivity index (χ1n) is 27.7. The van der Waals surface area contributed by atoms with Crippen molar-refractivity contribution in [3.05, 3.63) is 33.4 Å². The van der Waals surface area contributed by atoms with Crippen molar-refractivity contribution in [2.24, 2.45) is 0 Å². The fraction of sp³-hybridized carbons (Fsp3) is 0.773. The van der Waals surface area contributed by atoms with Crippen molar-refractivity contribution in [3.8, 4) is 0 Å². The number of aliphatic hydroxyl groups excluding tert-OH is 10. The number of rotatable bonds is 18. The fourth-order valence-electron chi connectivity index (χ4n) is 8.97. The standard InChI is InChI=1S/C16H25N5O15P2.C14H21N6O8P.C6H15N.C6H13O8P.C2H6/c1-4-7(22)9(24)11(26)15(33-4)35-38(30,31)36-37(28,29)32-2-5-8(23)10(25)14(34-5)21-3-18-6-12(21)19-16(17)20-13(6)27;15-14-17-11-8(12(23)18-14)16-6-20(11)13-10(22)9(21)7(28-13)5-27-29(24,25)19-1-3-26-4-2-19;1-4-7(5-2)6-3;1-2-3(7)4(8)5(9)6(13-2)14-15(10,11)12;1-2/h3-5,7-11,14-15,22-26H,2H2,1H3,(H,28,29)(H,30,31)(H3,17,19,20,27);6-7,9-10,13,21-22H,1-5H2,(H,24,25)(H3,15,17,18,23);4-6H2,1-3H3;2-9H,1H3,(H2,10,11,12);1-2H3/p-2/t4?,5-,7-,8+,9+,10?,11?,14-,15-;7-,9+,10?,13-;;2?,3-,4+,5-,6?;/m11.1./s1. The van der Waals surface area contributed by atoms with Crippen molar-refractivity contribution < 1.29 is 140 Å². The predicted octanol–water partition coefficient (Wildman–Crippen LogP) is -6.80. The number of hydrogen-bond acceptors (Lipinski definition) is 35. The number of nitrogens with one attached hydrogen (secondary N) is 2. The third-order valence-electron chi connectivity index (χ3n) is 13.9. The second-order valence-electron chi connectivity index (χ2n) is 20.0. The number of nitrogen functional groups attached to an aromatic ring is 2. The summed E-state index contributed by atoms with van der Waals surface area (Å²) >= 11 is 0. The highest BCUT2D eigenvalue weighted by Crippen LogP contribution is 2.57. The van der Waals surface area contributed by atoms with E-state index in [1.54, 1.807) is 0 Å². The van der Waals surface area contributed by atoms with Gasteiger partial charge in [0.1, 0.15) is 73.2 Å². The zero-order chi connectivity index (χ0) is 68.4. The Labute approximate surface area is 515 Å². The summed E-state index contributed by atoms with van der Waals surface area (Å²) in [5, 5.41) is 98.4. The Morgan fingerprint density at radius 2 is 0.989 bits per heavy atom. The minimum atomic E-state index is -5.82. The van der Waals surface area contributed by atoms with E-state index in [2.05, 4.69) is 73.5 Å². The number of aromatic amines is 2. The smallest absolute Gasteiger partial charge is 0.472 e. The van der Waals surface area contributed by atoms with E-state index in [0.717, 1.165) is 10.9 Å². The second-order valence-corrected chi connectivity index (χ2v) is 25.9. The molecule has 4 aromatic heterocycles. The maximum atomic E-state index is 12.4. The van der Waals surface area contributed by atoms with Crippen LogP contribution in [0.1, 0.15) is 60.9 Å². The van der Waals surface area contributed by atoms with E-state index >= 15 is 0 Å². The first-order valence-corrected chi connectivity index (χ1v) is 33.7. The van der Waals surface area contributed by atoms with Gasteiger partial charge in [0, 0.05) is 13.1 Å². The highest BCUT2D eigenvalue weighted by atomic mass is 31.3. The highest BCUT2D eigenvalue weighted by molar-refractivity contribution is 7.59. The second kappa shape index (κ2) is 33.2. The molecule has 9 rings (SSSR count). The van der Waals surface area contributed by atoms with E-state index < -0.39 is 166 Å². The van der Waals surface area contributed by atoms with Crippen LogP contribution in [0, 0.1) is 0 Å². The molecule has 5 aliphatic heterocycles. The van der Waals surface area contributed by atoms with Gasteiger partial charge in [-0.15, -0.1) is 0 Å². The fourth-order valence-corrected chi connectivity index (χ4v) is 12.7. The Kier molecular flexibility index (Phi) is 28.4. The Bertz CT molecular complexity index is 3280. The molecule has 0 aliphatic carbocycles. The summed E-state index contributed by atoms with van der Waals surface area (Å²) in [6.07, 6.45) is -25.4. The van der Waals surface area contributed by atoms with Crippen molar-refractivity contribution in [1.29, 1.82) is 0 Å². The van der Waals surface area contributed by atoms with Crippen LogP contribution in [0.4, 0.5) is 11.9 Å². The SMILES string of the molecule is CC.CC1OC(OP(=O)(O)O)[C@H](O)[C@@H](O)[C@@H]1O.CC1O[C@H](OP(=O)([O-])OP(=O)([O-])OC[C@H]2O[C@@H](n3cnc4c(=O)[nH]c(N)nc43)C(O)[C@H]2O)C(O)[C@@H](O)[C@@H]1O.CCN(CC)CC.Nc1nc2c(ncn2[C@@H]2O[C@H](COP(=O)(O)N3CCOCC3)[C@H](O)C2O)c(=O)[nH]1. The lowest BCUT2D eigenvalue weighted by molar-refractivity contribution is -0.299. The molecule has 9 heterocycles. The number of H-pyrrole nitrogens is 2. The molecule has 4 aromatic rings. The molecule has 19 N–H and O–H groups in total. The monoisotopic (exact) mass is 1390 g/mol. The van der Waals surface area contributed by atoms with Gasteiger partial charge in [-0.25, -0.2) is 28.1 Å². The number of morpholine rings is 1. The molecule has 0 amide bonds. The highest BCUT2D eigenvalue weighted by Gasteiger charge is 2.49. The molecule has 0 spiro atoms. The summed E-state index contributed by atoms with van der Waals surface area (Å²) in [4.78, 5) is 97.7. The Morgan fingerprint density at radius 3 is 1.37 bits per heavy atom. The van der Waals surface area contributed by atoms with Gasteiger partial charge in [-0.1, -0.05) is 34.6 Å². The van der Waals surface area contributed by atoms with Gasteiger partial charge in [0.15, 0.2) is 47.4 Å². The number of nitrogens with zero attached hydrogens (tertiary/aromatic N) is 8. The largest absolute Gasteiger partial charge is 0.756 e. The summed E-state index contributed by atoms with van der Waals surface area (Å²) in [5.74, 6) is -0.430. The number of nitrogens with two attached hydrogens (primary N) is 2. The molecule has 43 nitrogen and oxygen atoms in total. The van der Waals surface area contributed by atoms with E-state index in [1.807, 2.05) is 13.8 Å². The van der Waals surface area contributed by atoms with Crippen LogP contribution in [0.5, 0.6) is 0 Å². The number of aliphatic hydroxyl groups is 10. The van der Waals surface area contributed by atoms with Gasteiger partial charge in [-0.05, 0) is 33.5 Å². The van der Waals surface area contributed by atoms with Gasteiger partial charge in [0.2, 0.25) is 11.9 Å². The van der Waals surface area contributed by atoms with E-state index in [9.17, 15) is 93.6 Å². The number of phosphoric ester groups is 3. The Morgan fingerprint density at radius 1 is 0.593 bits per heavy atom. The quantitative estimate of drug-likeness (QED) is 0.0412. The third-order valence-corrected chi connectivity index (χ3v) is 18.5. The third kappa shape index (κ3) is 20.1. The molecule has 0 bridgehead atoms. The number of imidazole rings is 2. The molecular weight excluding hydrogens is 1320 g/mol. The van der Waals surface area contributed by atoms with E-state index in [-0.39, 0.29) is 47.3 Å². The number of aromatic nitrogens is 8. The molecule has 91 heavy (non-hydrogen) atoms. The summed E-state index contributed by atoms with van der Waals surface area (Å²) < 4.78 is 98.5. The van der Waals surface area contributed by atoms with Gasteiger partial charge in [0.25, 0.3) is 26.8 Å². The zero-order valence-electron chi connectivity index (χ0n) is 49.6. The molecule has 5 aliphatic rings. The molecule has 5 saturated heterocycles. The molecule has 5 fully saturated rings. The van der Waals surface area contributed by atoms with Gasteiger partial charge in [0.05, 0.1) is 51.3 Å². The number of phosphoric acid groups is 3. The van der Waals surface area contributed by atoms with Crippen molar-refractivity contribution >= 4 is 65.4 Å². The summed E-state index contributed by atoms with van der Waals surface area (Å²) in [7, 11) is -20.5. The molecule has 522 valence electrons. The van der Waals surface area contributed by atoms with Gasteiger partial charge >= 0.3 is 15.6 Å². The van der Waals surface area contributed by atoms with Gasteiger partial charge in [-0.2, -0.15) is 9.97 Å². The summed E-state index contributed by atoms with van der Waals surface area (Å²) in [6, 6.07) is 0. The average molecular weight is 1400 g/mol. The van der Waals surface area contributed by atoms with Crippen molar-refractivity contribution in [2.75, 3.05) is 70.6 Å². The molecule has 0 aromatic carbocycles. The van der Waals surface area contributed by atoms with Crippen LogP contribution in [-0.2, 0) is 64.4 Å². The van der Waals surface area contributed by atoms with Crippen LogP contribution >= 0.6 is 31.2 Å². The van der Waals surface area contributed by atoms with E-state index in [1.165, 1.54) is 49.0 Å². The molecule has 21 atom stereocenters. The zero-order valence-corrected chi connectivity index (χ0v) is 53.2. The van der Waals surface area contributed by atoms with Crippen LogP contribution in [0.15, 0.2) is 22.2 Å². The number of fused-ring (bicyclic) bond motifs is 2. The van der Waals surface area contributed by atoms with Crippen LogP contribution < -0.4 is 32.4 Å². The molecule has 9 unspecified atom stereocenters. The molecule has 0 radical (unpaired) electrons. The van der Waals surface area contributed by atoms with E-state index in [4.69, 9.17) is 49.5 Å². The molecular formula is C44H78N12O31P4-2. The lowest BCUT2D eigenvalue weighted by Crippen LogP contribution is -2.57. The Balaban J connectivity index is 0.000000249. The Hall–Kier alpha value is -3.86. The summed E-state index contributed by atoms with van der Waals surface area (Å²) in [5.41, 5.74) is 9.56. The number of anilines is 2. The predicted molar refractivity (Wildman–Crippen MR) is 301 cm³/mol. The lowest BCUT2D eigenvalue weighted by atomic mass is 10.0. The molecule has 0 saturated carbocycles. The van der Waals surface area contributed by atoms with Crippen LogP contribution in [0.25, 0.3) is 22.3 Å². The van der Waals surface area contributed by atoms with Gasteiger partial charge in [-0.3, -0.25) is 51.4 Å². The van der Waals surface area contributed by atoms with Crippen molar-refractivity contribution in [2.45, 2.75) is 159 Å². The molecule has 47 heteroatoms. The number of hydrogen-bond donors (Lipinski definition) is 17.